The van der Waals surface area contributed by atoms with Crippen LogP contribution >= 0.6 is 11.5 Å². The van der Waals surface area contributed by atoms with E-state index in [1.807, 2.05) is 18.2 Å². The van der Waals surface area contributed by atoms with Gasteiger partial charge in [0.2, 0.25) is 16.4 Å². The van der Waals surface area contributed by atoms with E-state index in [0.29, 0.717) is 36.9 Å². The minimum Gasteiger partial charge on any atom is -0.324 e. The number of pyridine rings is 1. The van der Waals surface area contributed by atoms with Crippen molar-refractivity contribution in [3.63, 3.8) is 0 Å². The minimum absolute atomic E-state index is 0.208. The van der Waals surface area contributed by atoms with E-state index in [-0.39, 0.29) is 30.1 Å². The van der Waals surface area contributed by atoms with Gasteiger partial charge in [0.1, 0.15) is 11.6 Å². The minimum atomic E-state index is -2.10. The van der Waals surface area contributed by atoms with Gasteiger partial charge in [0.15, 0.2) is 5.82 Å². The standard InChI is InChI=1S/C32H30F2N6O3S2/c33-26-12-8-23(9-13-26)29(24-10-14-27(34)15-11-24)17-20-40(19-16-28-3-1-2-18-35-28)32(41)38-31-37-30(39-44-31)25-6-4-22(5-7-25)21-36-45(42)43/h1-15,18,29,36H,16-17,19-21H2,(H,42,43)(H,37,38,39,41). The second-order valence-corrected chi connectivity index (χ2v) is 11.7. The van der Waals surface area contributed by atoms with Gasteiger partial charge < -0.3 is 4.90 Å². The van der Waals surface area contributed by atoms with Crippen molar-refractivity contribution >= 4 is 34.0 Å². The van der Waals surface area contributed by atoms with Gasteiger partial charge in [-0.15, -0.1) is 0 Å². The Labute approximate surface area is 266 Å². The maximum absolute atomic E-state index is 13.7. The molecule has 0 saturated carbocycles. The summed E-state index contributed by atoms with van der Waals surface area (Å²) in [4.78, 5) is 24.2. The second-order valence-electron chi connectivity index (χ2n) is 10.1. The number of amides is 2. The number of nitrogens with zero attached hydrogens (tertiary/aromatic N) is 4. The number of aromatic nitrogens is 3. The molecule has 2 amide bonds. The van der Waals surface area contributed by atoms with Crippen LogP contribution in [0.3, 0.4) is 0 Å². The summed E-state index contributed by atoms with van der Waals surface area (Å²) in [7, 11) is 0. The molecular weight excluding hydrogens is 619 g/mol. The number of hydrogen-bond acceptors (Lipinski definition) is 6. The van der Waals surface area contributed by atoms with Crippen molar-refractivity contribution in [2.75, 3.05) is 18.4 Å². The van der Waals surface area contributed by atoms with Crippen LogP contribution in [0.15, 0.2) is 97.2 Å². The molecule has 0 saturated heterocycles. The van der Waals surface area contributed by atoms with Crippen molar-refractivity contribution in [2.45, 2.75) is 25.3 Å². The Kier molecular flexibility index (Phi) is 11.0. The molecule has 0 radical (unpaired) electrons. The number of anilines is 1. The van der Waals surface area contributed by atoms with E-state index in [2.05, 4.69) is 24.4 Å². The van der Waals surface area contributed by atoms with Crippen molar-refractivity contribution < 1.29 is 22.3 Å². The Morgan fingerprint density at radius 2 is 1.58 bits per heavy atom. The molecule has 232 valence electrons. The average molecular weight is 649 g/mol. The summed E-state index contributed by atoms with van der Waals surface area (Å²) in [6.07, 6.45) is 2.73. The Morgan fingerprint density at radius 1 is 0.911 bits per heavy atom. The van der Waals surface area contributed by atoms with Crippen LogP contribution in [-0.2, 0) is 24.2 Å². The van der Waals surface area contributed by atoms with E-state index in [9.17, 15) is 17.8 Å². The summed E-state index contributed by atoms with van der Waals surface area (Å²) in [5.74, 6) is -0.471. The fourth-order valence-electron chi connectivity index (χ4n) is 4.79. The topological polar surface area (TPSA) is 120 Å². The number of benzene rings is 3. The fourth-order valence-corrected chi connectivity index (χ4v) is 5.66. The molecule has 13 heteroatoms. The molecule has 0 aliphatic heterocycles. The van der Waals surface area contributed by atoms with Crippen molar-refractivity contribution in [3.8, 4) is 11.4 Å². The van der Waals surface area contributed by atoms with Crippen molar-refractivity contribution in [2.24, 2.45) is 0 Å². The van der Waals surface area contributed by atoms with Crippen LogP contribution in [0.25, 0.3) is 11.4 Å². The molecule has 45 heavy (non-hydrogen) atoms. The molecule has 2 heterocycles. The first kappa shape index (κ1) is 32.0. The number of carbonyl (C=O) groups excluding carboxylic acids is 1. The summed E-state index contributed by atoms with van der Waals surface area (Å²) in [6, 6.07) is 24.9. The normalized spacial score (nSPS) is 11.8. The highest BCUT2D eigenvalue weighted by Crippen LogP contribution is 2.29. The van der Waals surface area contributed by atoms with Gasteiger partial charge in [-0.25, -0.2) is 22.5 Å². The molecule has 0 bridgehead atoms. The summed E-state index contributed by atoms with van der Waals surface area (Å²) in [6.45, 7) is 0.951. The smallest absolute Gasteiger partial charge is 0.323 e. The number of nitrogens with one attached hydrogen (secondary N) is 2. The van der Waals surface area contributed by atoms with Gasteiger partial charge in [0.25, 0.3) is 0 Å². The molecule has 2 aromatic heterocycles. The highest BCUT2D eigenvalue weighted by Gasteiger charge is 2.21. The highest BCUT2D eigenvalue weighted by atomic mass is 32.2. The van der Waals surface area contributed by atoms with E-state index in [0.717, 1.165) is 39.5 Å². The molecule has 9 nitrogen and oxygen atoms in total. The fraction of sp³-hybridized carbons (Fsp3) is 0.188. The molecule has 1 atom stereocenters. The molecule has 1 unspecified atom stereocenters. The highest BCUT2D eigenvalue weighted by molar-refractivity contribution is 7.77. The Balaban J connectivity index is 1.31. The number of urea groups is 1. The monoisotopic (exact) mass is 648 g/mol. The molecule has 3 N–H and O–H groups in total. The van der Waals surface area contributed by atoms with Crippen LogP contribution in [0.5, 0.6) is 0 Å². The van der Waals surface area contributed by atoms with Crippen LogP contribution < -0.4 is 10.0 Å². The third-order valence-corrected chi connectivity index (χ3v) is 8.16. The van der Waals surface area contributed by atoms with Gasteiger partial charge in [-0.2, -0.15) is 9.36 Å². The van der Waals surface area contributed by atoms with Gasteiger partial charge in [0, 0.05) is 61.0 Å². The largest absolute Gasteiger partial charge is 0.324 e. The zero-order valence-corrected chi connectivity index (χ0v) is 25.6. The maximum Gasteiger partial charge on any atom is 0.323 e. The zero-order valence-electron chi connectivity index (χ0n) is 24.0. The molecule has 0 aliphatic rings. The molecule has 0 fully saturated rings. The third-order valence-electron chi connectivity index (χ3n) is 7.14. The summed E-state index contributed by atoms with van der Waals surface area (Å²) >= 11 is -1.05. The van der Waals surface area contributed by atoms with Crippen molar-refractivity contribution in [1.29, 1.82) is 0 Å². The molecule has 0 spiro atoms. The summed E-state index contributed by atoms with van der Waals surface area (Å²) in [5.41, 5.74) is 4.09. The predicted molar refractivity (Wildman–Crippen MR) is 171 cm³/mol. The van der Waals surface area contributed by atoms with E-state index in [1.165, 1.54) is 24.3 Å². The third kappa shape index (κ3) is 9.28. The Hall–Kier alpha value is -4.43. The second kappa shape index (κ2) is 15.5. The zero-order chi connectivity index (χ0) is 31.6. The van der Waals surface area contributed by atoms with Gasteiger partial charge in [-0.3, -0.25) is 14.9 Å². The lowest BCUT2D eigenvalue weighted by molar-refractivity contribution is 0.210. The first-order chi connectivity index (χ1) is 21.8. The predicted octanol–water partition coefficient (Wildman–Crippen LogP) is 6.40. The summed E-state index contributed by atoms with van der Waals surface area (Å²) < 4.78 is 54.0. The Bertz CT molecular complexity index is 1660. The van der Waals surface area contributed by atoms with Crippen LogP contribution in [0, 0.1) is 11.6 Å². The van der Waals surface area contributed by atoms with Gasteiger partial charge >= 0.3 is 6.03 Å². The number of rotatable bonds is 13. The first-order valence-electron chi connectivity index (χ1n) is 14.1. The number of carbonyl (C=O) groups is 1. The Morgan fingerprint density at radius 3 is 2.18 bits per heavy atom. The molecule has 5 aromatic rings. The number of halogens is 2. The van der Waals surface area contributed by atoms with E-state index in [4.69, 9.17) is 4.55 Å². The SMILES string of the molecule is O=C(Nc1nc(-c2ccc(CNS(=O)O)cc2)ns1)N(CCc1ccccn1)CCC(c1ccc(F)cc1)c1ccc(F)cc1. The van der Waals surface area contributed by atoms with E-state index >= 15 is 0 Å². The lowest BCUT2D eigenvalue weighted by Crippen LogP contribution is -2.38. The van der Waals surface area contributed by atoms with E-state index < -0.39 is 11.3 Å². The summed E-state index contributed by atoms with van der Waals surface area (Å²) in [5, 5.41) is 3.20. The van der Waals surface area contributed by atoms with Crippen LogP contribution in [0.4, 0.5) is 18.7 Å². The van der Waals surface area contributed by atoms with Gasteiger partial charge in [-0.05, 0) is 59.5 Å². The van der Waals surface area contributed by atoms with Crippen molar-refractivity contribution in [1.82, 2.24) is 24.0 Å². The molecule has 0 aliphatic carbocycles. The first-order valence-corrected chi connectivity index (χ1v) is 16.0. The van der Waals surface area contributed by atoms with Crippen LogP contribution in [0.2, 0.25) is 0 Å². The quantitative estimate of drug-likeness (QED) is 0.127. The maximum atomic E-state index is 13.7. The molecular formula is C32H30F2N6O3S2. The average Bonchev–Trinajstić information content (AvgIpc) is 3.52. The number of hydrogen-bond donors (Lipinski definition) is 3. The van der Waals surface area contributed by atoms with Crippen LogP contribution in [-0.4, -0.2) is 47.1 Å². The van der Waals surface area contributed by atoms with Crippen molar-refractivity contribution in [3.05, 3.63) is 131 Å². The molecule has 5 rings (SSSR count). The van der Waals surface area contributed by atoms with Gasteiger partial charge in [0.05, 0.1) is 0 Å². The lowest BCUT2D eigenvalue weighted by atomic mass is 9.88. The van der Waals surface area contributed by atoms with Crippen LogP contribution in [0.1, 0.15) is 34.7 Å². The van der Waals surface area contributed by atoms with Gasteiger partial charge in [-0.1, -0.05) is 54.6 Å². The van der Waals surface area contributed by atoms with E-state index in [1.54, 1.807) is 59.6 Å². The molecule has 3 aromatic carbocycles. The lowest BCUT2D eigenvalue weighted by Gasteiger charge is -2.26.